The fourth-order valence-corrected chi connectivity index (χ4v) is 2.75. The maximum atomic E-state index is 6.22. The van der Waals surface area contributed by atoms with Gasteiger partial charge in [0, 0.05) is 19.9 Å². The third-order valence-corrected chi connectivity index (χ3v) is 4.79. The van der Waals surface area contributed by atoms with E-state index < -0.39 is 0 Å². The molecule has 0 aliphatic carbocycles. The van der Waals surface area contributed by atoms with Crippen molar-refractivity contribution in [2.75, 3.05) is 25.6 Å². The molecule has 0 fully saturated rings. The Kier molecular flexibility index (Phi) is 6.46. The van der Waals surface area contributed by atoms with Crippen LogP contribution in [0.15, 0.2) is 24.4 Å². The van der Waals surface area contributed by atoms with Crippen LogP contribution in [0.5, 0.6) is 5.75 Å². The highest BCUT2D eigenvalue weighted by Gasteiger charge is 2.12. The Morgan fingerprint density at radius 2 is 1.92 bits per heavy atom. The van der Waals surface area contributed by atoms with Crippen molar-refractivity contribution in [1.29, 1.82) is 0 Å². The standard InChI is InChI=1S/C19H25ClN2O2/c1-12-13(2)18(7-6-16(12)15(4)23-5)24-11-10-22-17-8-9-21-14(3)19(17)20/h6-9,15H,10-11H2,1-5H3,(H,21,22). The van der Waals surface area contributed by atoms with Gasteiger partial charge in [-0.05, 0) is 56.5 Å². The lowest BCUT2D eigenvalue weighted by Gasteiger charge is -2.18. The van der Waals surface area contributed by atoms with Crippen molar-refractivity contribution in [3.8, 4) is 5.75 Å². The third-order valence-electron chi connectivity index (χ3n) is 4.31. The molecule has 0 spiro atoms. The molecule has 24 heavy (non-hydrogen) atoms. The van der Waals surface area contributed by atoms with E-state index in [1.807, 2.05) is 26.0 Å². The topological polar surface area (TPSA) is 43.4 Å². The van der Waals surface area contributed by atoms with E-state index in [0.29, 0.717) is 18.2 Å². The Bertz CT molecular complexity index is 704. The Balaban J connectivity index is 1.95. The number of ether oxygens (including phenoxy) is 2. The van der Waals surface area contributed by atoms with Crippen molar-refractivity contribution in [2.45, 2.75) is 33.8 Å². The van der Waals surface area contributed by atoms with Gasteiger partial charge in [-0.2, -0.15) is 0 Å². The van der Waals surface area contributed by atoms with Crippen molar-refractivity contribution in [3.05, 3.63) is 51.8 Å². The molecular weight excluding hydrogens is 324 g/mol. The fraction of sp³-hybridized carbons (Fsp3) is 0.421. The van der Waals surface area contributed by atoms with Crippen LogP contribution in [0.3, 0.4) is 0 Å². The summed E-state index contributed by atoms with van der Waals surface area (Å²) in [6, 6.07) is 5.95. The number of aromatic nitrogens is 1. The molecule has 0 amide bonds. The number of rotatable bonds is 7. The predicted octanol–water partition coefficient (Wildman–Crippen LogP) is 4.86. The smallest absolute Gasteiger partial charge is 0.122 e. The number of aryl methyl sites for hydroxylation is 1. The summed E-state index contributed by atoms with van der Waals surface area (Å²) in [7, 11) is 1.72. The maximum Gasteiger partial charge on any atom is 0.122 e. The summed E-state index contributed by atoms with van der Waals surface area (Å²) in [5.74, 6) is 0.901. The van der Waals surface area contributed by atoms with Crippen LogP contribution in [-0.2, 0) is 4.74 Å². The van der Waals surface area contributed by atoms with Crippen LogP contribution < -0.4 is 10.1 Å². The highest BCUT2D eigenvalue weighted by atomic mass is 35.5. The minimum Gasteiger partial charge on any atom is -0.491 e. The quantitative estimate of drug-likeness (QED) is 0.726. The fourth-order valence-electron chi connectivity index (χ4n) is 2.57. The number of halogens is 1. The molecular formula is C19H25ClN2O2. The number of benzene rings is 1. The van der Waals surface area contributed by atoms with Gasteiger partial charge in [-0.15, -0.1) is 0 Å². The second-order valence-corrected chi connectivity index (χ2v) is 6.19. The molecule has 0 aliphatic heterocycles. The van der Waals surface area contributed by atoms with Crippen LogP contribution in [0.4, 0.5) is 5.69 Å². The van der Waals surface area contributed by atoms with E-state index in [1.54, 1.807) is 13.3 Å². The summed E-state index contributed by atoms with van der Waals surface area (Å²) in [5, 5.41) is 3.93. The number of pyridine rings is 1. The van der Waals surface area contributed by atoms with Gasteiger partial charge in [-0.3, -0.25) is 4.98 Å². The minimum atomic E-state index is 0.0801. The zero-order chi connectivity index (χ0) is 17.7. The average molecular weight is 349 g/mol. The van der Waals surface area contributed by atoms with Crippen LogP contribution in [0.1, 0.15) is 35.4 Å². The predicted molar refractivity (Wildman–Crippen MR) is 99.3 cm³/mol. The summed E-state index contributed by atoms with van der Waals surface area (Å²) in [4.78, 5) is 4.15. The van der Waals surface area contributed by atoms with Gasteiger partial charge in [0.1, 0.15) is 12.4 Å². The van der Waals surface area contributed by atoms with Gasteiger partial charge < -0.3 is 14.8 Å². The normalized spacial score (nSPS) is 12.1. The second-order valence-electron chi connectivity index (χ2n) is 5.81. The lowest BCUT2D eigenvalue weighted by molar-refractivity contribution is 0.119. The molecule has 4 nitrogen and oxygen atoms in total. The van der Waals surface area contributed by atoms with Crippen molar-refractivity contribution in [2.24, 2.45) is 0 Å². The first-order valence-electron chi connectivity index (χ1n) is 8.06. The number of anilines is 1. The van der Waals surface area contributed by atoms with Crippen LogP contribution in [0, 0.1) is 20.8 Å². The molecule has 0 radical (unpaired) electrons. The molecule has 2 aromatic rings. The molecule has 1 aromatic heterocycles. The number of nitrogens with one attached hydrogen (secondary N) is 1. The van der Waals surface area contributed by atoms with E-state index in [9.17, 15) is 0 Å². The molecule has 1 atom stereocenters. The van der Waals surface area contributed by atoms with E-state index in [4.69, 9.17) is 21.1 Å². The molecule has 1 unspecified atom stereocenters. The highest BCUT2D eigenvalue weighted by molar-refractivity contribution is 6.33. The van der Waals surface area contributed by atoms with Gasteiger partial charge in [0.05, 0.1) is 22.5 Å². The summed E-state index contributed by atoms with van der Waals surface area (Å²) in [6.45, 7) is 9.33. The van der Waals surface area contributed by atoms with Crippen LogP contribution >= 0.6 is 11.6 Å². The van der Waals surface area contributed by atoms with E-state index in [1.165, 1.54) is 11.1 Å². The van der Waals surface area contributed by atoms with Gasteiger partial charge in [0.2, 0.25) is 0 Å². The van der Waals surface area contributed by atoms with Crippen molar-refractivity contribution >= 4 is 17.3 Å². The van der Waals surface area contributed by atoms with Gasteiger partial charge >= 0.3 is 0 Å². The molecule has 0 saturated heterocycles. The van der Waals surface area contributed by atoms with Crippen molar-refractivity contribution < 1.29 is 9.47 Å². The summed E-state index contributed by atoms with van der Waals surface area (Å²) < 4.78 is 11.3. The van der Waals surface area contributed by atoms with E-state index in [-0.39, 0.29) is 6.10 Å². The highest BCUT2D eigenvalue weighted by Crippen LogP contribution is 2.29. The second kappa shape index (κ2) is 8.36. The van der Waals surface area contributed by atoms with Crippen LogP contribution in [0.2, 0.25) is 5.02 Å². The molecule has 130 valence electrons. The number of hydrogen-bond donors (Lipinski definition) is 1. The Hall–Kier alpha value is -1.78. The van der Waals surface area contributed by atoms with E-state index in [2.05, 4.69) is 30.2 Å². The monoisotopic (exact) mass is 348 g/mol. The third kappa shape index (κ3) is 4.19. The molecule has 1 heterocycles. The van der Waals surface area contributed by atoms with E-state index in [0.717, 1.165) is 22.7 Å². The SMILES string of the molecule is COC(C)c1ccc(OCCNc2ccnc(C)c2Cl)c(C)c1C. The van der Waals surface area contributed by atoms with Gasteiger partial charge in [-0.25, -0.2) is 0 Å². The average Bonchev–Trinajstić information content (AvgIpc) is 2.58. The van der Waals surface area contributed by atoms with Gasteiger partial charge in [0.25, 0.3) is 0 Å². The molecule has 0 saturated carbocycles. The molecule has 1 aromatic carbocycles. The number of nitrogens with zero attached hydrogens (tertiary/aromatic N) is 1. The van der Waals surface area contributed by atoms with Crippen molar-refractivity contribution in [3.63, 3.8) is 0 Å². The zero-order valence-electron chi connectivity index (χ0n) is 14.9. The van der Waals surface area contributed by atoms with Crippen LogP contribution in [-0.4, -0.2) is 25.2 Å². The molecule has 0 bridgehead atoms. The van der Waals surface area contributed by atoms with Crippen molar-refractivity contribution in [1.82, 2.24) is 4.98 Å². The van der Waals surface area contributed by atoms with Crippen LogP contribution in [0.25, 0.3) is 0 Å². The molecule has 5 heteroatoms. The Labute approximate surface area is 149 Å². The lowest BCUT2D eigenvalue weighted by atomic mass is 9.99. The van der Waals surface area contributed by atoms with Gasteiger partial charge in [-0.1, -0.05) is 17.7 Å². The maximum absolute atomic E-state index is 6.22. The Morgan fingerprint density at radius 3 is 2.62 bits per heavy atom. The lowest BCUT2D eigenvalue weighted by Crippen LogP contribution is -2.13. The molecule has 0 aliphatic rings. The Morgan fingerprint density at radius 1 is 1.17 bits per heavy atom. The molecule has 2 rings (SSSR count). The zero-order valence-corrected chi connectivity index (χ0v) is 15.7. The summed E-state index contributed by atoms with van der Waals surface area (Å²) >= 11 is 6.22. The number of hydrogen-bond acceptors (Lipinski definition) is 4. The molecule has 1 N–H and O–H groups in total. The largest absolute Gasteiger partial charge is 0.491 e. The number of methoxy groups -OCH3 is 1. The first-order chi connectivity index (χ1) is 11.5. The summed E-state index contributed by atoms with van der Waals surface area (Å²) in [6.07, 6.45) is 1.82. The van der Waals surface area contributed by atoms with Gasteiger partial charge in [0.15, 0.2) is 0 Å². The first kappa shape index (κ1) is 18.6. The minimum absolute atomic E-state index is 0.0801. The first-order valence-corrected chi connectivity index (χ1v) is 8.44. The summed E-state index contributed by atoms with van der Waals surface area (Å²) in [5.41, 5.74) is 5.25. The van der Waals surface area contributed by atoms with E-state index >= 15 is 0 Å².